The maximum Gasteiger partial charge on any atom is 0.348 e. The highest BCUT2D eigenvalue weighted by Crippen LogP contribution is 2.28. The fourth-order valence-corrected chi connectivity index (χ4v) is 4.10. The Hall–Kier alpha value is -1.34. The van der Waals surface area contributed by atoms with Gasteiger partial charge in [-0.2, -0.15) is 4.98 Å². The van der Waals surface area contributed by atoms with Crippen molar-refractivity contribution < 1.29 is 9.90 Å². The molecule has 0 bridgehead atoms. The maximum atomic E-state index is 12.4. The third-order valence-corrected chi connectivity index (χ3v) is 5.44. The van der Waals surface area contributed by atoms with E-state index in [0.29, 0.717) is 31.8 Å². The number of nitrogens with zero attached hydrogens (tertiary/aromatic N) is 3. The van der Waals surface area contributed by atoms with Crippen molar-refractivity contribution >= 4 is 17.7 Å². The van der Waals surface area contributed by atoms with E-state index < -0.39 is 0 Å². The van der Waals surface area contributed by atoms with Gasteiger partial charge < -0.3 is 10.0 Å². The van der Waals surface area contributed by atoms with Crippen LogP contribution in [0, 0.1) is 0 Å². The van der Waals surface area contributed by atoms with Crippen LogP contribution in [0.3, 0.4) is 0 Å². The second-order valence-electron chi connectivity index (χ2n) is 5.92. The molecule has 0 unspecified atom stereocenters. The molecule has 1 N–H and O–H groups in total. The SMILES string of the molecule is CCN(CC)C(=O)CSc1nc(=O)n(CCCO)c2c1CCCC2. The van der Waals surface area contributed by atoms with Crippen molar-refractivity contribution in [3.05, 3.63) is 21.7 Å². The summed E-state index contributed by atoms with van der Waals surface area (Å²) in [7, 11) is 0. The predicted octanol–water partition coefficient (Wildman–Crippen LogP) is 1.46. The Morgan fingerprint density at radius 1 is 1.29 bits per heavy atom. The smallest absolute Gasteiger partial charge is 0.348 e. The number of rotatable bonds is 8. The summed E-state index contributed by atoms with van der Waals surface area (Å²) in [5, 5.41) is 9.76. The Morgan fingerprint density at radius 3 is 2.67 bits per heavy atom. The van der Waals surface area contributed by atoms with Crippen molar-refractivity contribution in [2.24, 2.45) is 0 Å². The summed E-state index contributed by atoms with van der Waals surface area (Å²) < 4.78 is 1.71. The number of hydrogen-bond acceptors (Lipinski definition) is 5. The molecule has 1 aliphatic rings. The van der Waals surface area contributed by atoms with Crippen LogP contribution in [-0.2, 0) is 24.2 Å². The van der Waals surface area contributed by atoms with E-state index in [4.69, 9.17) is 5.11 Å². The first kappa shape index (κ1) is 19.0. The summed E-state index contributed by atoms with van der Waals surface area (Å²) in [5.74, 6) is 0.405. The summed E-state index contributed by atoms with van der Waals surface area (Å²) >= 11 is 1.38. The molecule has 2 rings (SSSR count). The van der Waals surface area contributed by atoms with Crippen LogP contribution in [-0.4, -0.2) is 50.9 Å². The molecule has 0 saturated heterocycles. The zero-order valence-corrected chi connectivity index (χ0v) is 15.4. The fourth-order valence-electron chi connectivity index (χ4n) is 3.12. The number of aromatic nitrogens is 2. The van der Waals surface area contributed by atoms with Gasteiger partial charge in [-0.3, -0.25) is 9.36 Å². The molecule has 1 aromatic rings. The summed E-state index contributed by atoms with van der Waals surface area (Å²) in [4.78, 5) is 30.6. The molecule has 1 amide bonds. The van der Waals surface area contributed by atoms with Gasteiger partial charge in [0.05, 0.1) is 5.75 Å². The number of carbonyl (C=O) groups excluding carboxylic acids is 1. The van der Waals surface area contributed by atoms with E-state index in [-0.39, 0.29) is 18.2 Å². The van der Waals surface area contributed by atoms with Crippen molar-refractivity contribution in [2.45, 2.75) is 57.5 Å². The monoisotopic (exact) mass is 353 g/mol. The fraction of sp³-hybridized carbons (Fsp3) is 0.706. The molecule has 0 radical (unpaired) electrons. The molecule has 0 saturated carbocycles. The standard InChI is InChI=1S/C17H27N3O3S/c1-3-19(4-2)15(22)12-24-16-13-8-5-6-9-14(13)20(10-7-11-21)17(23)18-16/h21H,3-12H2,1-2H3. The lowest BCUT2D eigenvalue weighted by Gasteiger charge is -2.23. The average Bonchev–Trinajstić information content (AvgIpc) is 2.60. The van der Waals surface area contributed by atoms with Gasteiger partial charge >= 0.3 is 5.69 Å². The predicted molar refractivity (Wildman–Crippen MR) is 95.5 cm³/mol. The van der Waals surface area contributed by atoms with E-state index in [1.165, 1.54) is 11.8 Å². The van der Waals surface area contributed by atoms with E-state index >= 15 is 0 Å². The Bertz CT molecular complexity index is 626. The van der Waals surface area contributed by atoms with Crippen LogP contribution >= 0.6 is 11.8 Å². The first-order valence-electron chi connectivity index (χ1n) is 8.76. The lowest BCUT2D eigenvalue weighted by atomic mass is 9.97. The number of hydrogen-bond donors (Lipinski definition) is 1. The summed E-state index contributed by atoms with van der Waals surface area (Å²) in [6.07, 6.45) is 4.49. The number of aliphatic hydroxyl groups is 1. The van der Waals surface area contributed by atoms with Crippen LogP contribution in [0.25, 0.3) is 0 Å². The Kier molecular flexibility index (Phi) is 7.30. The molecule has 134 valence electrons. The quantitative estimate of drug-likeness (QED) is 0.566. The van der Waals surface area contributed by atoms with Crippen LogP contribution in [0.2, 0.25) is 0 Å². The van der Waals surface area contributed by atoms with Crippen LogP contribution in [0.1, 0.15) is 44.4 Å². The van der Waals surface area contributed by atoms with Gasteiger partial charge in [0.25, 0.3) is 0 Å². The summed E-state index contributed by atoms with van der Waals surface area (Å²) in [5.41, 5.74) is 1.91. The van der Waals surface area contributed by atoms with Gasteiger partial charge in [-0.05, 0) is 46.0 Å². The van der Waals surface area contributed by atoms with Crippen molar-refractivity contribution in [1.29, 1.82) is 0 Å². The number of amides is 1. The lowest BCUT2D eigenvalue weighted by Crippen LogP contribution is -2.33. The highest BCUT2D eigenvalue weighted by molar-refractivity contribution is 7.99. The maximum absolute atomic E-state index is 12.4. The molecule has 1 aromatic heterocycles. The third-order valence-electron chi connectivity index (χ3n) is 4.44. The van der Waals surface area contributed by atoms with Crippen LogP contribution in [0.5, 0.6) is 0 Å². The van der Waals surface area contributed by atoms with Gasteiger partial charge in [0.15, 0.2) is 0 Å². The molecule has 0 spiro atoms. The molecular formula is C17H27N3O3S. The zero-order valence-electron chi connectivity index (χ0n) is 14.6. The second kappa shape index (κ2) is 9.22. The normalized spacial score (nSPS) is 13.6. The minimum absolute atomic E-state index is 0.0656. The molecule has 7 heteroatoms. The average molecular weight is 353 g/mol. The molecule has 0 atom stereocenters. The lowest BCUT2D eigenvalue weighted by molar-refractivity contribution is -0.127. The molecule has 0 fully saturated rings. The van der Waals surface area contributed by atoms with E-state index in [1.54, 1.807) is 9.47 Å². The molecule has 6 nitrogen and oxygen atoms in total. The zero-order chi connectivity index (χ0) is 17.5. The van der Waals surface area contributed by atoms with Crippen molar-refractivity contribution in [2.75, 3.05) is 25.4 Å². The van der Waals surface area contributed by atoms with E-state index in [2.05, 4.69) is 4.98 Å². The largest absolute Gasteiger partial charge is 0.396 e. The molecule has 0 aromatic carbocycles. The molecule has 1 aliphatic carbocycles. The van der Waals surface area contributed by atoms with E-state index in [0.717, 1.165) is 42.0 Å². The Morgan fingerprint density at radius 2 is 2.00 bits per heavy atom. The van der Waals surface area contributed by atoms with Gasteiger partial charge in [0.2, 0.25) is 5.91 Å². The van der Waals surface area contributed by atoms with Crippen LogP contribution in [0.4, 0.5) is 0 Å². The minimum Gasteiger partial charge on any atom is -0.396 e. The summed E-state index contributed by atoms with van der Waals surface area (Å²) in [6, 6.07) is 0. The topological polar surface area (TPSA) is 75.4 Å². The van der Waals surface area contributed by atoms with Gasteiger partial charge in [-0.1, -0.05) is 11.8 Å². The van der Waals surface area contributed by atoms with Gasteiger partial charge in [-0.25, -0.2) is 4.79 Å². The third kappa shape index (κ3) is 4.39. The first-order valence-corrected chi connectivity index (χ1v) is 9.74. The summed E-state index contributed by atoms with van der Waals surface area (Å²) in [6.45, 7) is 5.90. The van der Waals surface area contributed by atoms with Crippen molar-refractivity contribution in [3.63, 3.8) is 0 Å². The highest BCUT2D eigenvalue weighted by Gasteiger charge is 2.21. The van der Waals surface area contributed by atoms with E-state index in [9.17, 15) is 9.59 Å². The van der Waals surface area contributed by atoms with Gasteiger partial charge in [0, 0.05) is 37.5 Å². The van der Waals surface area contributed by atoms with Crippen molar-refractivity contribution in [3.8, 4) is 0 Å². The van der Waals surface area contributed by atoms with Crippen molar-refractivity contribution in [1.82, 2.24) is 14.5 Å². The van der Waals surface area contributed by atoms with E-state index in [1.807, 2.05) is 13.8 Å². The number of aliphatic hydroxyl groups excluding tert-OH is 1. The molecule has 0 aliphatic heterocycles. The Labute approximate surface area is 147 Å². The first-order chi connectivity index (χ1) is 11.6. The molecule has 24 heavy (non-hydrogen) atoms. The number of carbonyl (C=O) groups is 1. The van der Waals surface area contributed by atoms with Crippen LogP contribution in [0.15, 0.2) is 9.82 Å². The molecule has 1 heterocycles. The Balaban J connectivity index is 2.23. The molecular weight excluding hydrogens is 326 g/mol. The minimum atomic E-state index is -0.262. The highest BCUT2D eigenvalue weighted by atomic mass is 32.2. The number of fused-ring (bicyclic) bond motifs is 1. The second-order valence-corrected chi connectivity index (χ2v) is 6.88. The van der Waals surface area contributed by atoms with Crippen LogP contribution < -0.4 is 5.69 Å². The number of thioether (sulfide) groups is 1. The van der Waals surface area contributed by atoms with Gasteiger partial charge in [0.1, 0.15) is 5.03 Å². The van der Waals surface area contributed by atoms with Gasteiger partial charge in [-0.15, -0.1) is 0 Å².